The Morgan fingerprint density at radius 2 is 2.36 bits per heavy atom. The highest BCUT2D eigenvalue weighted by molar-refractivity contribution is 5.80. The number of nitrogens with zero attached hydrogens (tertiary/aromatic N) is 1. The Morgan fingerprint density at radius 3 is 2.86 bits per heavy atom. The smallest absolute Gasteiger partial charge is 0.140 e. The highest BCUT2D eigenvalue weighted by Crippen LogP contribution is 2.25. The van der Waals surface area contributed by atoms with Crippen LogP contribution in [0.3, 0.4) is 0 Å². The van der Waals surface area contributed by atoms with Gasteiger partial charge >= 0.3 is 0 Å². The molecular formula is C10H21N3O. The second-order valence-electron chi connectivity index (χ2n) is 4.38. The molecule has 1 saturated carbocycles. The normalized spacial score (nSPS) is 30.6. The van der Waals surface area contributed by atoms with Crippen LogP contribution >= 0.6 is 0 Å². The zero-order chi connectivity index (χ0) is 10.6. The summed E-state index contributed by atoms with van der Waals surface area (Å²) in [5.41, 5.74) is 5.44. The largest absolute Gasteiger partial charge is 0.409 e. The van der Waals surface area contributed by atoms with Gasteiger partial charge < -0.3 is 16.3 Å². The van der Waals surface area contributed by atoms with Gasteiger partial charge in [0, 0.05) is 18.5 Å². The average Bonchev–Trinajstić information content (AvgIpc) is 2.51. The maximum Gasteiger partial charge on any atom is 0.140 e. The molecule has 0 bridgehead atoms. The van der Waals surface area contributed by atoms with Crippen LogP contribution in [0.4, 0.5) is 0 Å². The minimum atomic E-state index is 0.288. The zero-order valence-corrected chi connectivity index (χ0v) is 9.03. The summed E-state index contributed by atoms with van der Waals surface area (Å²) in [6, 6.07) is 0.896. The van der Waals surface area contributed by atoms with Crippen LogP contribution in [0, 0.1) is 5.92 Å². The van der Waals surface area contributed by atoms with Crippen LogP contribution in [0.25, 0.3) is 0 Å². The molecule has 3 unspecified atom stereocenters. The molecule has 0 aromatic heterocycles. The van der Waals surface area contributed by atoms with Crippen molar-refractivity contribution in [2.45, 2.75) is 51.6 Å². The van der Waals surface area contributed by atoms with E-state index in [4.69, 9.17) is 10.9 Å². The molecular weight excluding hydrogens is 178 g/mol. The Labute approximate surface area is 85.6 Å². The molecule has 0 aromatic carbocycles. The Bertz CT molecular complexity index is 206. The van der Waals surface area contributed by atoms with E-state index in [1.54, 1.807) is 0 Å². The van der Waals surface area contributed by atoms with Gasteiger partial charge in [-0.25, -0.2) is 0 Å². The lowest BCUT2D eigenvalue weighted by Crippen LogP contribution is -2.40. The van der Waals surface area contributed by atoms with Crippen molar-refractivity contribution < 1.29 is 5.21 Å². The van der Waals surface area contributed by atoms with Gasteiger partial charge in [0.15, 0.2) is 0 Å². The summed E-state index contributed by atoms with van der Waals surface area (Å²) in [6.07, 6.45) is 4.49. The summed E-state index contributed by atoms with van der Waals surface area (Å²) in [6.45, 7) is 4.35. The van der Waals surface area contributed by atoms with Crippen LogP contribution in [-0.4, -0.2) is 23.1 Å². The molecule has 4 N–H and O–H groups in total. The molecule has 0 radical (unpaired) electrons. The number of hydrogen-bond donors (Lipinski definition) is 3. The molecule has 0 amide bonds. The van der Waals surface area contributed by atoms with E-state index in [0.717, 1.165) is 5.92 Å². The van der Waals surface area contributed by atoms with E-state index in [2.05, 4.69) is 24.3 Å². The Kier molecular flexibility index (Phi) is 4.20. The van der Waals surface area contributed by atoms with E-state index in [9.17, 15) is 0 Å². The molecule has 1 fully saturated rings. The predicted octanol–water partition coefficient (Wildman–Crippen LogP) is 1.29. The third-order valence-corrected chi connectivity index (χ3v) is 3.00. The first kappa shape index (κ1) is 11.3. The van der Waals surface area contributed by atoms with Crippen LogP contribution in [0.1, 0.15) is 39.5 Å². The van der Waals surface area contributed by atoms with E-state index >= 15 is 0 Å². The lowest BCUT2D eigenvalue weighted by atomic mass is 10.0. The maximum absolute atomic E-state index is 8.43. The van der Waals surface area contributed by atoms with Gasteiger partial charge in [-0.05, 0) is 25.7 Å². The monoisotopic (exact) mass is 199 g/mol. The van der Waals surface area contributed by atoms with Crippen molar-refractivity contribution in [3.05, 3.63) is 0 Å². The fraction of sp³-hybridized carbons (Fsp3) is 0.900. The van der Waals surface area contributed by atoms with Gasteiger partial charge in [0.25, 0.3) is 0 Å². The summed E-state index contributed by atoms with van der Waals surface area (Å²) in [7, 11) is 0. The maximum atomic E-state index is 8.43. The van der Waals surface area contributed by atoms with Gasteiger partial charge in [0.05, 0.1) is 0 Å². The molecule has 0 spiro atoms. The molecule has 0 aliphatic heterocycles. The van der Waals surface area contributed by atoms with Gasteiger partial charge in [0.1, 0.15) is 5.84 Å². The van der Waals surface area contributed by atoms with E-state index in [1.165, 1.54) is 19.3 Å². The van der Waals surface area contributed by atoms with Crippen LogP contribution in [0.2, 0.25) is 0 Å². The fourth-order valence-electron chi connectivity index (χ4n) is 2.17. The van der Waals surface area contributed by atoms with Crippen LogP contribution in [0.5, 0.6) is 0 Å². The fourth-order valence-corrected chi connectivity index (χ4v) is 2.17. The topological polar surface area (TPSA) is 70.6 Å². The lowest BCUT2D eigenvalue weighted by Gasteiger charge is -2.22. The number of oxime groups is 1. The Morgan fingerprint density at radius 1 is 1.64 bits per heavy atom. The van der Waals surface area contributed by atoms with Crippen molar-refractivity contribution in [1.29, 1.82) is 0 Å². The minimum absolute atomic E-state index is 0.288. The van der Waals surface area contributed by atoms with Gasteiger partial charge in [-0.2, -0.15) is 0 Å². The first-order valence-electron chi connectivity index (χ1n) is 5.36. The first-order chi connectivity index (χ1) is 6.63. The summed E-state index contributed by atoms with van der Waals surface area (Å²) in [5.74, 6) is 1.06. The molecule has 3 atom stereocenters. The zero-order valence-electron chi connectivity index (χ0n) is 9.03. The number of nitrogens with one attached hydrogen (secondary N) is 1. The summed E-state index contributed by atoms with van der Waals surface area (Å²) < 4.78 is 0. The summed E-state index contributed by atoms with van der Waals surface area (Å²) in [4.78, 5) is 0. The number of rotatable bonds is 4. The molecule has 4 nitrogen and oxygen atoms in total. The summed E-state index contributed by atoms with van der Waals surface area (Å²) in [5, 5.41) is 14.9. The quantitative estimate of drug-likeness (QED) is 0.276. The molecule has 0 aromatic rings. The van der Waals surface area contributed by atoms with E-state index in [0.29, 0.717) is 18.3 Å². The number of nitrogens with two attached hydrogens (primary N) is 1. The van der Waals surface area contributed by atoms with Crippen molar-refractivity contribution >= 4 is 5.84 Å². The molecule has 14 heavy (non-hydrogen) atoms. The van der Waals surface area contributed by atoms with E-state index < -0.39 is 0 Å². The van der Waals surface area contributed by atoms with Crippen molar-refractivity contribution in [2.75, 3.05) is 0 Å². The van der Waals surface area contributed by atoms with Crippen molar-refractivity contribution in [1.82, 2.24) is 5.32 Å². The molecule has 1 aliphatic rings. The van der Waals surface area contributed by atoms with Crippen LogP contribution in [0.15, 0.2) is 5.16 Å². The molecule has 0 heterocycles. The van der Waals surface area contributed by atoms with Gasteiger partial charge in [-0.15, -0.1) is 0 Å². The minimum Gasteiger partial charge on any atom is -0.409 e. The molecule has 82 valence electrons. The standard InChI is InChI=1S/C10H21N3O/c1-7-4-3-5-9(7)12-8(2)6-10(11)13-14/h7-9,12,14H,3-6H2,1-2H3,(H2,11,13). The first-order valence-corrected chi connectivity index (χ1v) is 5.36. The van der Waals surface area contributed by atoms with Gasteiger partial charge in [-0.1, -0.05) is 18.5 Å². The lowest BCUT2D eigenvalue weighted by molar-refractivity contribution is 0.314. The highest BCUT2D eigenvalue weighted by atomic mass is 16.4. The highest BCUT2D eigenvalue weighted by Gasteiger charge is 2.24. The van der Waals surface area contributed by atoms with E-state index in [-0.39, 0.29) is 6.04 Å². The number of amidine groups is 1. The third-order valence-electron chi connectivity index (χ3n) is 3.00. The summed E-state index contributed by atoms with van der Waals surface area (Å²) >= 11 is 0. The third kappa shape index (κ3) is 3.18. The second kappa shape index (κ2) is 5.20. The number of hydrogen-bond acceptors (Lipinski definition) is 3. The molecule has 1 rings (SSSR count). The van der Waals surface area contributed by atoms with Gasteiger partial charge in [0.2, 0.25) is 0 Å². The Hall–Kier alpha value is -0.770. The van der Waals surface area contributed by atoms with E-state index in [1.807, 2.05) is 0 Å². The predicted molar refractivity (Wildman–Crippen MR) is 57.4 cm³/mol. The molecule has 4 heteroatoms. The van der Waals surface area contributed by atoms with Crippen molar-refractivity contribution in [3.8, 4) is 0 Å². The average molecular weight is 199 g/mol. The molecule has 1 aliphatic carbocycles. The SMILES string of the molecule is CC(CC(N)=NO)NC1CCCC1C. The van der Waals surface area contributed by atoms with Crippen molar-refractivity contribution in [3.63, 3.8) is 0 Å². The van der Waals surface area contributed by atoms with Crippen LogP contribution in [-0.2, 0) is 0 Å². The van der Waals surface area contributed by atoms with Gasteiger partial charge in [-0.3, -0.25) is 0 Å². The second-order valence-corrected chi connectivity index (χ2v) is 4.38. The van der Waals surface area contributed by atoms with Crippen molar-refractivity contribution in [2.24, 2.45) is 16.8 Å². The van der Waals surface area contributed by atoms with Crippen LogP contribution < -0.4 is 11.1 Å². The molecule has 0 saturated heterocycles. The Balaban J connectivity index is 2.29.